The molecule has 0 spiro atoms. The number of Topliss-reactive ketones (excluding diaryl/α,β-unsaturated/α-hetero) is 1. The van der Waals surface area contributed by atoms with Gasteiger partial charge in [-0.1, -0.05) is 251 Å². The average molecular weight is 831 g/mol. The molecule has 1 unspecified atom stereocenters. The fourth-order valence-electron chi connectivity index (χ4n) is 8.87. The summed E-state index contributed by atoms with van der Waals surface area (Å²) in [6.45, 7) is 6.12. The van der Waals surface area contributed by atoms with Crippen LogP contribution in [0.15, 0.2) is 24.3 Å². The Bertz CT molecular complexity index is 869. The van der Waals surface area contributed by atoms with Gasteiger partial charge in [-0.2, -0.15) is 0 Å². The highest BCUT2D eigenvalue weighted by atomic mass is 16.4. The Labute approximate surface area is 370 Å². The molecule has 350 valence electrons. The van der Waals surface area contributed by atoms with Gasteiger partial charge < -0.3 is 15.3 Å². The number of carbonyl (C=O) groups is 1. The molecule has 0 rings (SSSR count). The summed E-state index contributed by atoms with van der Waals surface area (Å²) in [5, 5.41) is 34.4. The standard InChI is InChI=1S/C55H106O4/c1-4-7-10-13-16-19-22-25-27-29-32-35-38-41-44-47-50-54(58,51-48-45-42-39-36-33-30-28-26-23-20-17-14-11-8-5-2)55(59,52-56)53(57)49-46-43-40-37-34-31-24-21-18-15-12-9-6-3/h25-28,56,58-59H,4-24,29-52H2,1-3H3/b27-25-,28-26-. The highest BCUT2D eigenvalue weighted by Gasteiger charge is 2.52. The van der Waals surface area contributed by atoms with Crippen LogP contribution >= 0.6 is 0 Å². The van der Waals surface area contributed by atoms with Crippen LogP contribution in [0.2, 0.25) is 0 Å². The molecule has 0 saturated carbocycles. The summed E-state index contributed by atoms with van der Waals surface area (Å²) in [4.78, 5) is 13.6. The Balaban J connectivity index is 4.67. The minimum Gasteiger partial charge on any atom is -0.393 e. The Morgan fingerprint density at radius 3 is 0.864 bits per heavy atom. The normalized spacial score (nSPS) is 13.3. The molecule has 0 saturated heterocycles. The van der Waals surface area contributed by atoms with Crippen LogP contribution < -0.4 is 0 Å². The summed E-state index contributed by atoms with van der Waals surface area (Å²) in [7, 11) is 0. The molecule has 59 heavy (non-hydrogen) atoms. The van der Waals surface area contributed by atoms with Crippen LogP contribution in [0, 0.1) is 0 Å². The van der Waals surface area contributed by atoms with Gasteiger partial charge in [0.1, 0.15) is 5.60 Å². The van der Waals surface area contributed by atoms with Crippen molar-refractivity contribution >= 4 is 5.78 Å². The van der Waals surface area contributed by atoms with E-state index in [9.17, 15) is 20.1 Å². The van der Waals surface area contributed by atoms with Crippen LogP contribution in [0.25, 0.3) is 0 Å². The molecule has 0 fully saturated rings. The molecule has 0 aromatic carbocycles. The molecule has 1 atom stereocenters. The van der Waals surface area contributed by atoms with Gasteiger partial charge in [0.05, 0.1) is 6.61 Å². The molecule has 0 radical (unpaired) electrons. The molecule has 4 nitrogen and oxygen atoms in total. The Morgan fingerprint density at radius 1 is 0.356 bits per heavy atom. The topological polar surface area (TPSA) is 77.8 Å². The van der Waals surface area contributed by atoms with Crippen LogP contribution in [0.4, 0.5) is 0 Å². The maximum atomic E-state index is 13.6. The van der Waals surface area contributed by atoms with Gasteiger partial charge in [-0.15, -0.1) is 0 Å². The number of hydrogen-bond acceptors (Lipinski definition) is 4. The predicted octanol–water partition coefficient (Wildman–Crippen LogP) is 17.3. The second-order valence-corrected chi connectivity index (χ2v) is 18.8. The van der Waals surface area contributed by atoms with Crippen molar-refractivity contribution < 1.29 is 20.1 Å². The highest BCUT2D eigenvalue weighted by molar-refractivity contribution is 5.88. The molecule has 4 heteroatoms. The van der Waals surface area contributed by atoms with Crippen molar-refractivity contribution in [2.75, 3.05) is 6.61 Å². The molecule has 3 N–H and O–H groups in total. The second-order valence-electron chi connectivity index (χ2n) is 18.8. The quantitative estimate of drug-likeness (QED) is 0.0422. The molecule has 0 bridgehead atoms. The van der Waals surface area contributed by atoms with Crippen LogP contribution in [0.5, 0.6) is 0 Å². The van der Waals surface area contributed by atoms with E-state index in [0.29, 0.717) is 12.8 Å². The number of hydrogen-bond donors (Lipinski definition) is 3. The number of allylic oxidation sites excluding steroid dienone is 4. The molecule has 0 aliphatic carbocycles. The lowest BCUT2D eigenvalue weighted by atomic mass is 9.72. The number of ketones is 1. The SMILES string of the molecule is CCCCCCCC/C=C\CCCCCCCCC(O)(CCCCCCCC/C=C\CCCCCCCC)C(O)(CO)C(=O)CCCCCCCCCCCCCCC. The summed E-state index contributed by atoms with van der Waals surface area (Å²) in [5.74, 6) is -0.361. The molecule has 0 aromatic rings. The maximum Gasteiger partial charge on any atom is 0.174 e. The van der Waals surface area contributed by atoms with Crippen molar-refractivity contribution in [2.24, 2.45) is 0 Å². The number of aliphatic hydroxyl groups is 3. The average Bonchev–Trinajstić information content (AvgIpc) is 3.24. The minimum atomic E-state index is -2.08. The smallest absolute Gasteiger partial charge is 0.174 e. The molecule has 0 aromatic heterocycles. The third kappa shape index (κ3) is 35.2. The van der Waals surface area contributed by atoms with Crippen molar-refractivity contribution in [3.63, 3.8) is 0 Å². The number of aliphatic hydroxyl groups excluding tert-OH is 1. The molecular weight excluding hydrogens is 725 g/mol. The van der Waals surface area contributed by atoms with Gasteiger partial charge in [-0.25, -0.2) is 0 Å². The number of unbranched alkanes of at least 4 members (excludes halogenated alkanes) is 36. The van der Waals surface area contributed by atoms with E-state index < -0.39 is 17.8 Å². The highest BCUT2D eigenvalue weighted by Crippen LogP contribution is 2.36. The van der Waals surface area contributed by atoms with E-state index in [4.69, 9.17) is 0 Å². The van der Waals surface area contributed by atoms with Gasteiger partial charge in [0, 0.05) is 6.42 Å². The molecule has 0 heterocycles. The van der Waals surface area contributed by atoms with Gasteiger partial charge >= 0.3 is 0 Å². The molecule has 0 amide bonds. The predicted molar refractivity (Wildman–Crippen MR) is 260 cm³/mol. The van der Waals surface area contributed by atoms with E-state index in [1.165, 1.54) is 193 Å². The molecular formula is C55H106O4. The van der Waals surface area contributed by atoms with Crippen molar-refractivity contribution in [1.82, 2.24) is 0 Å². The second kappa shape index (κ2) is 45.1. The summed E-state index contributed by atoms with van der Waals surface area (Å²) in [6.07, 6.45) is 60.6. The minimum absolute atomic E-state index is 0.234. The largest absolute Gasteiger partial charge is 0.393 e. The lowest BCUT2D eigenvalue weighted by molar-refractivity contribution is -0.190. The summed E-state index contributed by atoms with van der Waals surface area (Å²) in [5.41, 5.74) is -3.65. The molecule has 0 aliphatic heterocycles. The van der Waals surface area contributed by atoms with E-state index in [1.54, 1.807) is 0 Å². The Kier molecular flexibility index (Phi) is 44.3. The first-order chi connectivity index (χ1) is 28.9. The zero-order valence-corrected chi connectivity index (χ0v) is 40.4. The zero-order chi connectivity index (χ0) is 43.2. The fourth-order valence-corrected chi connectivity index (χ4v) is 8.87. The fraction of sp³-hybridized carbons (Fsp3) is 0.909. The molecule has 0 aliphatic rings. The van der Waals surface area contributed by atoms with E-state index >= 15 is 0 Å². The van der Waals surface area contributed by atoms with Crippen molar-refractivity contribution in [1.29, 1.82) is 0 Å². The van der Waals surface area contributed by atoms with Gasteiger partial charge in [0.25, 0.3) is 0 Å². The first-order valence-electron chi connectivity index (χ1n) is 26.8. The van der Waals surface area contributed by atoms with E-state index in [-0.39, 0.29) is 12.2 Å². The van der Waals surface area contributed by atoms with E-state index in [1.807, 2.05) is 0 Å². The third-order valence-corrected chi connectivity index (χ3v) is 13.2. The maximum absolute atomic E-state index is 13.6. The summed E-state index contributed by atoms with van der Waals surface area (Å²) < 4.78 is 0. The van der Waals surface area contributed by atoms with Crippen LogP contribution in [0.3, 0.4) is 0 Å². The zero-order valence-electron chi connectivity index (χ0n) is 40.4. The lowest BCUT2D eigenvalue weighted by Crippen LogP contribution is -2.61. The third-order valence-electron chi connectivity index (χ3n) is 13.2. The van der Waals surface area contributed by atoms with E-state index in [0.717, 1.165) is 70.6 Å². The van der Waals surface area contributed by atoms with Crippen molar-refractivity contribution in [2.45, 2.75) is 314 Å². The van der Waals surface area contributed by atoms with Gasteiger partial charge in [-0.05, 0) is 70.6 Å². The van der Waals surface area contributed by atoms with Gasteiger partial charge in [-0.3, -0.25) is 4.79 Å². The van der Waals surface area contributed by atoms with Crippen LogP contribution in [0.1, 0.15) is 303 Å². The first kappa shape index (κ1) is 58.0. The van der Waals surface area contributed by atoms with Crippen molar-refractivity contribution in [3.8, 4) is 0 Å². The Morgan fingerprint density at radius 2 is 0.593 bits per heavy atom. The van der Waals surface area contributed by atoms with Crippen molar-refractivity contribution in [3.05, 3.63) is 24.3 Å². The number of rotatable bonds is 49. The van der Waals surface area contributed by atoms with Gasteiger partial charge in [0.15, 0.2) is 11.4 Å². The monoisotopic (exact) mass is 831 g/mol. The number of carbonyl (C=O) groups excluding carboxylic acids is 1. The van der Waals surface area contributed by atoms with Crippen LogP contribution in [-0.2, 0) is 4.79 Å². The lowest BCUT2D eigenvalue weighted by Gasteiger charge is -2.42. The first-order valence-corrected chi connectivity index (χ1v) is 26.8. The Hall–Kier alpha value is -0.970. The van der Waals surface area contributed by atoms with E-state index in [2.05, 4.69) is 45.1 Å². The van der Waals surface area contributed by atoms with Gasteiger partial charge in [0.2, 0.25) is 0 Å². The summed E-state index contributed by atoms with van der Waals surface area (Å²) in [6, 6.07) is 0. The van der Waals surface area contributed by atoms with Crippen LogP contribution in [-0.4, -0.2) is 38.9 Å². The summed E-state index contributed by atoms with van der Waals surface area (Å²) >= 11 is 0.